The SMILES string of the molecule is N#CCSc1ccccc1NC(=O)COC(=O)C=Cc1cccc(Cl)c1Cl. The number of anilines is 1. The Hall–Kier alpha value is -2.46. The van der Waals surface area contributed by atoms with Crippen LogP contribution in [0.15, 0.2) is 53.4 Å². The van der Waals surface area contributed by atoms with Gasteiger partial charge in [0, 0.05) is 11.0 Å². The van der Waals surface area contributed by atoms with E-state index < -0.39 is 18.5 Å². The van der Waals surface area contributed by atoms with Gasteiger partial charge in [-0.1, -0.05) is 47.5 Å². The quantitative estimate of drug-likeness (QED) is 0.395. The van der Waals surface area contributed by atoms with Gasteiger partial charge in [0.05, 0.1) is 27.6 Å². The van der Waals surface area contributed by atoms with Gasteiger partial charge in [0.25, 0.3) is 5.91 Å². The molecule has 8 heteroatoms. The lowest BCUT2D eigenvalue weighted by atomic mass is 10.2. The number of rotatable bonds is 7. The second-order valence-electron chi connectivity index (χ2n) is 5.08. The summed E-state index contributed by atoms with van der Waals surface area (Å²) in [7, 11) is 0. The molecular formula is C19H14Cl2N2O3S. The number of hydrogen-bond acceptors (Lipinski definition) is 5. The van der Waals surface area contributed by atoms with Crippen LogP contribution in [0.3, 0.4) is 0 Å². The van der Waals surface area contributed by atoms with Crippen molar-refractivity contribution in [1.29, 1.82) is 5.26 Å². The second kappa shape index (κ2) is 10.6. The lowest BCUT2D eigenvalue weighted by Gasteiger charge is -2.09. The van der Waals surface area contributed by atoms with E-state index in [9.17, 15) is 9.59 Å². The number of ether oxygens (including phenoxy) is 1. The Labute approximate surface area is 170 Å². The van der Waals surface area contributed by atoms with E-state index in [2.05, 4.69) is 5.32 Å². The Kier molecular flexibility index (Phi) is 8.21. The Morgan fingerprint density at radius 2 is 1.96 bits per heavy atom. The molecule has 0 aromatic heterocycles. The molecule has 0 atom stereocenters. The fourth-order valence-corrected chi connectivity index (χ4v) is 3.02. The van der Waals surface area contributed by atoms with Crippen LogP contribution in [0.25, 0.3) is 6.08 Å². The molecule has 0 aliphatic heterocycles. The highest BCUT2D eigenvalue weighted by atomic mass is 35.5. The van der Waals surface area contributed by atoms with Crippen LogP contribution in [0.5, 0.6) is 0 Å². The van der Waals surface area contributed by atoms with E-state index >= 15 is 0 Å². The molecule has 138 valence electrons. The summed E-state index contributed by atoms with van der Waals surface area (Å²) in [6, 6.07) is 14.1. The average molecular weight is 421 g/mol. The summed E-state index contributed by atoms with van der Waals surface area (Å²) in [6.45, 7) is -0.441. The topological polar surface area (TPSA) is 79.2 Å². The molecule has 1 N–H and O–H groups in total. The van der Waals surface area contributed by atoms with E-state index in [1.54, 1.807) is 42.5 Å². The van der Waals surface area contributed by atoms with Gasteiger partial charge in [0.15, 0.2) is 6.61 Å². The highest BCUT2D eigenvalue weighted by molar-refractivity contribution is 7.99. The van der Waals surface area contributed by atoms with Crippen LogP contribution in [-0.4, -0.2) is 24.2 Å². The number of carbonyl (C=O) groups excluding carboxylic acids is 2. The third kappa shape index (κ3) is 6.65. The van der Waals surface area contributed by atoms with Gasteiger partial charge in [0.1, 0.15) is 0 Å². The highest BCUT2D eigenvalue weighted by Crippen LogP contribution is 2.27. The molecule has 5 nitrogen and oxygen atoms in total. The molecule has 0 heterocycles. The number of amides is 1. The predicted molar refractivity (Wildman–Crippen MR) is 108 cm³/mol. The van der Waals surface area contributed by atoms with E-state index in [0.29, 0.717) is 21.3 Å². The summed E-state index contributed by atoms with van der Waals surface area (Å²) in [5.74, 6) is -0.908. The molecular weight excluding hydrogens is 407 g/mol. The minimum atomic E-state index is -0.687. The van der Waals surface area contributed by atoms with Crippen molar-refractivity contribution in [2.45, 2.75) is 4.90 Å². The normalized spacial score (nSPS) is 10.4. The van der Waals surface area contributed by atoms with Gasteiger partial charge in [-0.05, 0) is 29.8 Å². The van der Waals surface area contributed by atoms with Gasteiger partial charge in [-0.3, -0.25) is 4.79 Å². The van der Waals surface area contributed by atoms with Gasteiger partial charge in [0.2, 0.25) is 0 Å². The Bertz CT molecular complexity index is 910. The number of para-hydroxylation sites is 1. The van der Waals surface area contributed by atoms with Crippen LogP contribution in [0.4, 0.5) is 5.69 Å². The molecule has 2 aromatic carbocycles. The van der Waals surface area contributed by atoms with Gasteiger partial charge in [-0.2, -0.15) is 5.26 Å². The summed E-state index contributed by atoms with van der Waals surface area (Å²) in [6.07, 6.45) is 2.63. The molecule has 0 radical (unpaired) electrons. The van der Waals surface area contributed by atoms with E-state index in [0.717, 1.165) is 4.90 Å². The summed E-state index contributed by atoms with van der Waals surface area (Å²) in [4.78, 5) is 24.5. The maximum absolute atomic E-state index is 12.0. The number of nitrogens with zero attached hydrogens (tertiary/aromatic N) is 1. The number of esters is 1. The van der Waals surface area contributed by atoms with Crippen LogP contribution in [-0.2, 0) is 14.3 Å². The second-order valence-corrected chi connectivity index (χ2v) is 6.88. The third-order valence-electron chi connectivity index (χ3n) is 3.18. The zero-order chi connectivity index (χ0) is 19.6. The maximum atomic E-state index is 12.0. The summed E-state index contributed by atoms with van der Waals surface area (Å²) in [5.41, 5.74) is 1.12. The molecule has 0 bridgehead atoms. The van der Waals surface area contributed by atoms with Gasteiger partial charge in [-0.25, -0.2) is 4.79 Å². The van der Waals surface area contributed by atoms with Crippen molar-refractivity contribution in [3.63, 3.8) is 0 Å². The fourth-order valence-electron chi connectivity index (χ4n) is 1.98. The zero-order valence-corrected chi connectivity index (χ0v) is 16.3. The summed E-state index contributed by atoms with van der Waals surface area (Å²) >= 11 is 13.2. The molecule has 27 heavy (non-hydrogen) atoms. The summed E-state index contributed by atoms with van der Waals surface area (Å²) in [5, 5.41) is 12.0. The molecule has 0 saturated carbocycles. The highest BCUT2D eigenvalue weighted by Gasteiger charge is 2.09. The standard InChI is InChI=1S/C19H14Cl2N2O3S/c20-14-5-3-4-13(19(14)21)8-9-18(25)26-12-17(24)23-15-6-1-2-7-16(15)27-11-10-22/h1-9H,11-12H2,(H,23,24). The van der Waals surface area contributed by atoms with E-state index in [1.165, 1.54) is 23.9 Å². The average Bonchev–Trinajstić information content (AvgIpc) is 2.67. The molecule has 0 fully saturated rings. The van der Waals surface area contributed by atoms with Crippen molar-refractivity contribution in [2.75, 3.05) is 17.7 Å². The molecule has 0 spiro atoms. The van der Waals surface area contributed by atoms with Crippen molar-refractivity contribution in [2.24, 2.45) is 0 Å². The van der Waals surface area contributed by atoms with Crippen molar-refractivity contribution in [1.82, 2.24) is 0 Å². The van der Waals surface area contributed by atoms with Gasteiger partial charge in [-0.15, -0.1) is 11.8 Å². The Morgan fingerprint density at radius 3 is 2.74 bits per heavy atom. The predicted octanol–water partition coefficient (Wildman–Crippen LogP) is 4.80. The van der Waals surface area contributed by atoms with Gasteiger partial charge < -0.3 is 10.1 Å². The maximum Gasteiger partial charge on any atom is 0.331 e. The van der Waals surface area contributed by atoms with Crippen LogP contribution >= 0.6 is 35.0 Å². The van der Waals surface area contributed by atoms with E-state index in [-0.39, 0.29) is 5.75 Å². The smallest absolute Gasteiger partial charge is 0.331 e. The first-order chi connectivity index (χ1) is 13.0. The summed E-state index contributed by atoms with van der Waals surface area (Å²) < 4.78 is 4.92. The van der Waals surface area contributed by atoms with Crippen LogP contribution < -0.4 is 5.32 Å². The first-order valence-electron chi connectivity index (χ1n) is 7.68. The first kappa shape index (κ1) is 20.8. The number of nitrogens with one attached hydrogen (secondary N) is 1. The largest absolute Gasteiger partial charge is 0.452 e. The van der Waals surface area contributed by atoms with Crippen LogP contribution in [0.2, 0.25) is 10.0 Å². The number of halogens is 2. The monoisotopic (exact) mass is 420 g/mol. The Morgan fingerprint density at radius 1 is 1.19 bits per heavy atom. The van der Waals surface area contributed by atoms with Gasteiger partial charge >= 0.3 is 5.97 Å². The van der Waals surface area contributed by atoms with Crippen molar-refractivity contribution in [3.05, 3.63) is 64.1 Å². The van der Waals surface area contributed by atoms with E-state index in [1.807, 2.05) is 6.07 Å². The zero-order valence-electron chi connectivity index (χ0n) is 13.9. The number of benzene rings is 2. The molecule has 0 aliphatic carbocycles. The molecule has 2 aromatic rings. The van der Waals surface area contributed by atoms with Crippen molar-refractivity contribution < 1.29 is 14.3 Å². The fraction of sp³-hybridized carbons (Fsp3) is 0.105. The lowest BCUT2D eigenvalue weighted by Crippen LogP contribution is -2.20. The molecule has 0 aliphatic rings. The number of nitriles is 1. The van der Waals surface area contributed by atoms with Crippen molar-refractivity contribution >= 4 is 58.6 Å². The molecule has 0 saturated heterocycles. The lowest BCUT2D eigenvalue weighted by molar-refractivity contribution is -0.142. The van der Waals surface area contributed by atoms with Crippen LogP contribution in [0, 0.1) is 11.3 Å². The number of carbonyl (C=O) groups is 2. The first-order valence-corrected chi connectivity index (χ1v) is 9.43. The number of hydrogen-bond donors (Lipinski definition) is 1. The Balaban J connectivity index is 1.88. The minimum Gasteiger partial charge on any atom is -0.452 e. The molecule has 0 unspecified atom stereocenters. The number of thioether (sulfide) groups is 1. The van der Waals surface area contributed by atoms with Crippen LogP contribution in [0.1, 0.15) is 5.56 Å². The molecule has 1 amide bonds. The minimum absolute atomic E-state index is 0.263. The van der Waals surface area contributed by atoms with E-state index in [4.69, 9.17) is 33.2 Å². The third-order valence-corrected chi connectivity index (χ3v) is 4.95. The molecule has 2 rings (SSSR count). The van der Waals surface area contributed by atoms with Crippen molar-refractivity contribution in [3.8, 4) is 6.07 Å².